The number of carbonyl (C=O) groups is 1. The van der Waals surface area contributed by atoms with Crippen molar-refractivity contribution >= 4 is 11.9 Å². The van der Waals surface area contributed by atoms with Crippen molar-refractivity contribution in [2.45, 2.75) is 20.0 Å². The van der Waals surface area contributed by atoms with Crippen LogP contribution in [0.25, 0.3) is 0 Å². The predicted octanol–water partition coefficient (Wildman–Crippen LogP) is 2.14. The third kappa shape index (κ3) is 6.04. The molecule has 1 aliphatic heterocycles. The second-order valence-electron chi connectivity index (χ2n) is 6.96. The minimum atomic E-state index is -0.0828. The van der Waals surface area contributed by atoms with Gasteiger partial charge in [0.1, 0.15) is 5.75 Å². The fourth-order valence-electron chi connectivity index (χ4n) is 2.76. The largest absolute Gasteiger partial charge is 0.484 e. The molecule has 30 heavy (non-hydrogen) atoms. The van der Waals surface area contributed by atoms with Crippen LogP contribution >= 0.6 is 0 Å². The van der Waals surface area contributed by atoms with Crippen LogP contribution in [0.5, 0.6) is 17.2 Å². The zero-order valence-corrected chi connectivity index (χ0v) is 17.6. The molecule has 8 heteroatoms. The van der Waals surface area contributed by atoms with Crippen LogP contribution in [0.3, 0.4) is 0 Å². The summed E-state index contributed by atoms with van der Waals surface area (Å²) in [6, 6.07) is 13.5. The van der Waals surface area contributed by atoms with E-state index in [1.807, 2.05) is 49.4 Å². The first-order chi connectivity index (χ1) is 14.5. The minimum Gasteiger partial charge on any atom is -0.484 e. The number of rotatable bonds is 8. The number of hydrogen-bond acceptors (Lipinski definition) is 5. The monoisotopic (exact) mass is 412 g/mol. The second kappa shape index (κ2) is 10.4. The topological polar surface area (TPSA) is 84.4 Å². The number of amides is 1. The van der Waals surface area contributed by atoms with E-state index in [4.69, 9.17) is 14.2 Å². The molecule has 0 bridgehead atoms. The van der Waals surface area contributed by atoms with Crippen LogP contribution in [0.15, 0.2) is 47.5 Å². The van der Waals surface area contributed by atoms with Crippen LogP contribution < -0.4 is 24.8 Å². The van der Waals surface area contributed by atoms with Gasteiger partial charge in [-0.1, -0.05) is 18.2 Å². The van der Waals surface area contributed by atoms with E-state index in [0.717, 1.165) is 29.2 Å². The summed E-state index contributed by atoms with van der Waals surface area (Å²) >= 11 is 0. The van der Waals surface area contributed by atoms with Crippen LogP contribution in [0.1, 0.15) is 18.1 Å². The summed E-state index contributed by atoms with van der Waals surface area (Å²) in [5.41, 5.74) is 2.07. The highest BCUT2D eigenvalue weighted by molar-refractivity contribution is 5.79. The number of ether oxygens (including phenoxy) is 3. The molecule has 2 N–H and O–H groups in total. The summed E-state index contributed by atoms with van der Waals surface area (Å²) in [5, 5.41) is 6.57. The van der Waals surface area contributed by atoms with Gasteiger partial charge in [0.2, 0.25) is 6.79 Å². The van der Waals surface area contributed by atoms with Crippen molar-refractivity contribution in [2.75, 3.05) is 34.0 Å². The number of aliphatic imine (C=N–C) groups is 1. The van der Waals surface area contributed by atoms with Crippen LogP contribution in [-0.4, -0.2) is 50.8 Å². The molecule has 0 radical (unpaired) electrons. The molecular weight excluding hydrogens is 384 g/mol. The maximum Gasteiger partial charge on any atom is 0.259 e. The lowest BCUT2D eigenvalue weighted by molar-refractivity contribution is -0.130. The van der Waals surface area contributed by atoms with Gasteiger partial charge < -0.3 is 29.7 Å². The van der Waals surface area contributed by atoms with E-state index in [2.05, 4.69) is 15.6 Å². The fraction of sp³-hybridized carbons (Fsp3) is 0.364. The van der Waals surface area contributed by atoms with Gasteiger partial charge in [0.15, 0.2) is 24.1 Å². The van der Waals surface area contributed by atoms with Crippen LogP contribution in [0, 0.1) is 0 Å². The summed E-state index contributed by atoms with van der Waals surface area (Å²) in [7, 11) is 3.41. The second-order valence-corrected chi connectivity index (χ2v) is 6.96. The molecule has 1 aliphatic rings. The van der Waals surface area contributed by atoms with Crippen molar-refractivity contribution in [3.63, 3.8) is 0 Å². The van der Waals surface area contributed by atoms with Crippen molar-refractivity contribution in [3.05, 3.63) is 53.6 Å². The Labute approximate surface area is 176 Å². The van der Waals surface area contributed by atoms with Crippen molar-refractivity contribution in [3.8, 4) is 17.2 Å². The van der Waals surface area contributed by atoms with Gasteiger partial charge in [-0.05, 0) is 42.3 Å². The molecule has 2 aromatic carbocycles. The zero-order chi connectivity index (χ0) is 21.3. The number of benzene rings is 2. The predicted molar refractivity (Wildman–Crippen MR) is 115 cm³/mol. The molecule has 160 valence electrons. The standard InChI is InChI=1S/C22H28N4O4/c1-4-23-22(25-13-17-8-9-19-20(11-17)30-15-29-19)24-12-16-6-5-7-18(10-16)28-14-21(27)26(2)3/h5-11H,4,12-15H2,1-3H3,(H2,23,24,25). The van der Waals surface area contributed by atoms with E-state index in [1.165, 1.54) is 4.90 Å². The van der Waals surface area contributed by atoms with Crippen LogP contribution in [0.2, 0.25) is 0 Å². The molecule has 3 rings (SSSR count). The zero-order valence-electron chi connectivity index (χ0n) is 17.6. The average molecular weight is 412 g/mol. The number of likely N-dealkylation sites (N-methyl/N-ethyl adjacent to an activating group) is 1. The molecule has 0 aromatic heterocycles. The van der Waals surface area contributed by atoms with E-state index in [0.29, 0.717) is 24.8 Å². The SMILES string of the molecule is CCNC(=NCc1cccc(OCC(=O)N(C)C)c1)NCc1ccc2c(c1)OCO2. The molecular formula is C22H28N4O4. The van der Waals surface area contributed by atoms with Gasteiger partial charge in [0, 0.05) is 27.2 Å². The molecule has 0 unspecified atom stereocenters. The highest BCUT2D eigenvalue weighted by Gasteiger charge is 2.13. The van der Waals surface area contributed by atoms with Gasteiger partial charge >= 0.3 is 0 Å². The molecule has 0 spiro atoms. The lowest BCUT2D eigenvalue weighted by Crippen LogP contribution is -2.36. The number of guanidine groups is 1. The normalized spacial score (nSPS) is 12.4. The Hall–Kier alpha value is -3.42. The Morgan fingerprint density at radius 2 is 1.93 bits per heavy atom. The smallest absolute Gasteiger partial charge is 0.259 e. The van der Waals surface area contributed by atoms with E-state index in [1.54, 1.807) is 14.1 Å². The highest BCUT2D eigenvalue weighted by Crippen LogP contribution is 2.32. The van der Waals surface area contributed by atoms with E-state index < -0.39 is 0 Å². The quantitative estimate of drug-likeness (QED) is 0.511. The molecule has 0 aliphatic carbocycles. The number of nitrogens with zero attached hydrogens (tertiary/aromatic N) is 2. The van der Waals surface area contributed by atoms with Gasteiger partial charge in [-0.15, -0.1) is 0 Å². The Bertz CT molecular complexity index is 898. The molecule has 0 saturated carbocycles. The summed E-state index contributed by atoms with van der Waals surface area (Å²) in [5.74, 6) is 2.82. The van der Waals surface area contributed by atoms with Crippen molar-refractivity contribution in [1.29, 1.82) is 0 Å². The maximum atomic E-state index is 11.7. The Balaban J connectivity index is 1.57. The molecule has 2 aromatic rings. The van der Waals surface area contributed by atoms with E-state index >= 15 is 0 Å². The molecule has 1 amide bonds. The van der Waals surface area contributed by atoms with Crippen molar-refractivity contribution in [1.82, 2.24) is 15.5 Å². The molecule has 0 fully saturated rings. The number of fused-ring (bicyclic) bond motifs is 1. The van der Waals surface area contributed by atoms with Gasteiger partial charge in [0.05, 0.1) is 6.54 Å². The van der Waals surface area contributed by atoms with Gasteiger partial charge in [-0.2, -0.15) is 0 Å². The third-order valence-electron chi connectivity index (χ3n) is 4.42. The first-order valence-electron chi connectivity index (χ1n) is 9.87. The minimum absolute atomic E-state index is 0.0133. The summed E-state index contributed by atoms with van der Waals surface area (Å²) in [4.78, 5) is 17.8. The summed E-state index contributed by atoms with van der Waals surface area (Å²) in [6.45, 7) is 4.15. The third-order valence-corrected chi connectivity index (χ3v) is 4.42. The Morgan fingerprint density at radius 1 is 1.10 bits per heavy atom. The van der Waals surface area contributed by atoms with Gasteiger partial charge in [0.25, 0.3) is 5.91 Å². The first kappa shape index (κ1) is 21.3. The van der Waals surface area contributed by atoms with Crippen molar-refractivity contribution in [2.24, 2.45) is 4.99 Å². The molecule has 0 atom stereocenters. The fourth-order valence-corrected chi connectivity index (χ4v) is 2.76. The highest BCUT2D eigenvalue weighted by atomic mass is 16.7. The lowest BCUT2D eigenvalue weighted by atomic mass is 10.2. The van der Waals surface area contributed by atoms with Crippen LogP contribution in [-0.2, 0) is 17.9 Å². The Kier molecular flexibility index (Phi) is 7.37. The van der Waals surface area contributed by atoms with E-state index in [-0.39, 0.29) is 19.3 Å². The maximum absolute atomic E-state index is 11.7. The molecule has 1 heterocycles. The van der Waals surface area contributed by atoms with Gasteiger partial charge in [-0.3, -0.25) is 4.79 Å². The van der Waals surface area contributed by atoms with Crippen LogP contribution in [0.4, 0.5) is 0 Å². The first-order valence-corrected chi connectivity index (χ1v) is 9.87. The number of nitrogens with one attached hydrogen (secondary N) is 2. The lowest BCUT2D eigenvalue weighted by Gasteiger charge is -2.13. The van der Waals surface area contributed by atoms with E-state index in [9.17, 15) is 4.79 Å². The Morgan fingerprint density at radius 3 is 2.73 bits per heavy atom. The summed E-state index contributed by atoms with van der Waals surface area (Å²) < 4.78 is 16.3. The molecule has 0 saturated heterocycles. The summed E-state index contributed by atoms with van der Waals surface area (Å²) in [6.07, 6.45) is 0. The van der Waals surface area contributed by atoms with Crippen molar-refractivity contribution < 1.29 is 19.0 Å². The number of hydrogen-bond donors (Lipinski definition) is 2. The van der Waals surface area contributed by atoms with Gasteiger partial charge in [-0.25, -0.2) is 4.99 Å². The average Bonchev–Trinajstić information content (AvgIpc) is 3.22. The molecule has 8 nitrogen and oxygen atoms in total. The number of carbonyl (C=O) groups excluding carboxylic acids is 1.